The van der Waals surface area contributed by atoms with Gasteiger partial charge in [0.15, 0.2) is 11.5 Å². The molecule has 0 amide bonds. The van der Waals surface area contributed by atoms with Crippen molar-refractivity contribution >= 4 is 10.1 Å². The average molecular weight is 383 g/mol. The van der Waals surface area contributed by atoms with E-state index in [-0.39, 0.29) is 18.5 Å². The van der Waals surface area contributed by atoms with E-state index in [4.69, 9.17) is 14.2 Å². The topological polar surface area (TPSA) is 74.3 Å². The van der Waals surface area contributed by atoms with Crippen molar-refractivity contribution in [3.8, 4) is 17.2 Å². The first-order chi connectivity index (χ1) is 11.7. The van der Waals surface area contributed by atoms with Gasteiger partial charge in [0, 0.05) is 25.7 Å². The van der Waals surface area contributed by atoms with E-state index in [1.165, 1.54) is 6.07 Å². The molecule has 2 aliphatic rings. The largest absolute Gasteiger partial charge is 0.534 e. The molecule has 0 N–H and O–H groups in total. The molecule has 140 valence electrons. The van der Waals surface area contributed by atoms with Crippen LogP contribution in [0, 0.1) is 0 Å². The van der Waals surface area contributed by atoms with E-state index >= 15 is 0 Å². The molecule has 1 aromatic carbocycles. The number of rotatable bonds is 4. The number of benzene rings is 1. The Morgan fingerprint density at radius 2 is 1.92 bits per heavy atom. The van der Waals surface area contributed by atoms with Crippen LogP contribution in [-0.2, 0) is 14.9 Å². The molecule has 0 spiro atoms. The number of halogens is 3. The quantitative estimate of drug-likeness (QED) is 0.575. The van der Waals surface area contributed by atoms with Gasteiger partial charge < -0.3 is 18.4 Å². The van der Waals surface area contributed by atoms with Gasteiger partial charge >= 0.3 is 15.6 Å². The second-order valence-electron chi connectivity index (χ2n) is 5.56. The van der Waals surface area contributed by atoms with Crippen molar-refractivity contribution < 1.29 is 40.0 Å². The summed E-state index contributed by atoms with van der Waals surface area (Å²) in [6.45, 7) is 3.59. The predicted octanol–water partition coefficient (Wildman–Crippen LogP) is 1.39. The summed E-state index contributed by atoms with van der Waals surface area (Å²) < 4.78 is 79.9. The van der Waals surface area contributed by atoms with E-state index in [9.17, 15) is 21.6 Å². The van der Waals surface area contributed by atoms with Crippen molar-refractivity contribution in [1.82, 2.24) is 4.90 Å². The van der Waals surface area contributed by atoms with Crippen molar-refractivity contribution in [2.75, 3.05) is 39.5 Å². The van der Waals surface area contributed by atoms with Gasteiger partial charge in [-0.1, -0.05) is 0 Å². The molecule has 2 heterocycles. The number of hydrogen-bond acceptors (Lipinski definition) is 7. The van der Waals surface area contributed by atoms with Crippen LogP contribution in [0.5, 0.6) is 17.2 Å². The molecule has 3 rings (SSSR count). The molecule has 1 aromatic rings. The Kier molecular flexibility index (Phi) is 4.98. The minimum Gasteiger partial charge on any atom is -0.486 e. The van der Waals surface area contributed by atoms with E-state index in [1.807, 2.05) is 0 Å². The van der Waals surface area contributed by atoms with Crippen molar-refractivity contribution in [3.05, 3.63) is 18.2 Å². The summed E-state index contributed by atoms with van der Waals surface area (Å²) in [4.78, 5) is 2.12. The molecule has 2 aliphatic heterocycles. The van der Waals surface area contributed by atoms with Gasteiger partial charge in [0.1, 0.15) is 18.5 Å². The fourth-order valence-corrected chi connectivity index (χ4v) is 2.94. The first-order valence-corrected chi connectivity index (χ1v) is 8.90. The van der Waals surface area contributed by atoms with Crippen LogP contribution in [0.4, 0.5) is 13.2 Å². The van der Waals surface area contributed by atoms with Crippen LogP contribution in [-0.4, -0.2) is 64.4 Å². The lowest BCUT2D eigenvalue weighted by Gasteiger charge is -2.33. The van der Waals surface area contributed by atoms with Crippen LogP contribution in [0.25, 0.3) is 0 Å². The Bertz CT molecular complexity index is 718. The summed E-state index contributed by atoms with van der Waals surface area (Å²) in [7, 11) is -5.73. The first kappa shape index (κ1) is 18.1. The molecule has 1 saturated heterocycles. The number of alkyl halides is 3. The molecule has 0 aliphatic carbocycles. The Morgan fingerprint density at radius 3 is 2.60 bits per heavy atom. The molecule has 0 radical (unpaired) electrons. The number of ether oxygens (including phenoxy) is 3. The first-order valence-electron chi connectivity index (χ1n) is 7.49. The minimum absolute atomic E-state index is 0.138. The smallest absolute Gasteiger partial charge is 0.486 e. The Hall–Kier alpha value is -1.72. The summed E-state index contributed by atoms with van der Waals surface area (Å²) >= 11 is 0. The molecular formula is C14H16F3NO6S. The highest BCUT2D eigenvalue weighted by Crippen LogP contribution is 2.37. The maximum atomic E-state index is 12.4. The highest BCUT2D eigenvalue weighted by Gasteiger charge is 2.48. The van der Waals surface area contributed by atoms with E-state index in [0.717, 1.165) is 25.2 Å². The average Bonchev–Trinajstić information content (AvgIpc) is 2.54. The van der Waals surface area contributed by atoms with Gasteiger partial charge in [-0.2, -0.15) is 21.6 Å². The van der Waals surface area contributed by atoms with Gasteiger partial charge in [-0.15, -0.1) is 0 Å². The van der Waals surface area contributed by atoms with Gasteiger partial charge in [-0.25, -0.2) is 0 Å². The highest BCUT2D eigenvalue weighted by molar-refractivity contribution is 7.88. The zero-order chi connectivity index (χ0) is 18.1. The SMILES string of the molecule is O=S(=O)(Oc1ccc2c(c1)OC(CN1CCOCC1)CO2)C(F)(F)F. The Balaban J connectivity index is 1.69. The van der Waals surface area contributed by atoms with E-state index in [0.29, 0.717) is 25.5 Å². The maximum absolute atomic E-state index is 12.4. The highest BCUT2D eigenvalue weighted by atomic mass is 32.2. The van der Waals surface area contributed by atoms with Gasteiger partial charge in [0.05, 0.1) is 13.2 Å². The normalized spacial score (nSPS) is 21.8. The standard InChI is InChI=1S/C14H16F3NO6S/c15-14(16,17)25(19,20)24-10-1-2-12-13(7-10)23-11(9-22-12)8-18-3-5-21-6-4-18/h1-2,7,11H,3-6,8-9H2. The molecule has 0 aromatic heterocycles. The summed E-state index contributed by atoms with van der Waals surface area (Å²) in [6.07, 6.45) is -0.333. The second kappa shape index (κ2) is 6.89. The zero-order valence-corrected chi connectivity index (χ0v) is 13.8. The monoisotopic (exact) mass is 383 g/mol. The summed E-state index contributed by atoms with van der Waals surface area (Å²) in [5.74, 6) is -0.0407. The second-order valence-corrected chi connectivity index (χ2v) is 7.09. The third-order valence-corrected chi connectivity index (χ3v) is 4.67. The van der Waals surface area contributed by atoms with Crippen LogP contribution in [0.2, 0.25) is 0 Å². The lowest BCUT2D eigenvalue weighted by atomic mass is 10.2. The zero-order valence-electron chi connectivity index (χ0n) is 13.0. The molecule has 0 saturated carbocycles. The van der Waals surface area contributed by atoms with Gasteiger partial charge in [0.25, 0.3) is 0 Å². The van der Waals surface area contributed by atoms with Gasteiger partial charge in [-0.05, 0) is 12.1 Å². The van der Waals surface area contributed by atoms with E-state index < -0.39 is 21.4 Å². The third-order valence-electron chi connectivity index (χ3n) is 3.69. The summed E-state index contributed by atoms with van der Waals surface area (Å²) in [6, 6.07) is 3.46. The van der Waals surface area contributed by atoms with E-state index in [2.05, 4.69) is 9.08 Å². The molecule has 1 unspecified atom stereocenters. The van der Waals surface area contributed by atoms with Gasteiger partial charge in [-0.3, -0.25) is 4.90 Å². The number of fused-ring (bicyclic) bond motifs is 1. The van der Waals surface area contributed by atoms with Crippen LogP contribution in [0.15, 0.2) is 18.2 Å². The Labute approximate surface area is 142 Å². The molecule has 1 fully saturated rings. The van der Waals surface area contributed by atoms with Crippen LogP contribution in [0.3, 0.4) is 0 Å². The summed E-state index contributed by atoms with van der Waals surface area (Å²) in [5, 5.41) is 0. The Morgan fingerprint density at radius 1 is 1.20 bits per heavy atom. The third kappa shape index (κ3) is 4.28. The van der Waals surface area contributed by atoms with E-state index in [1.54, 1.807) is 0 Å². The maximum Gasteiger partial charge on any atom is 0.534 e. The van der Waals surface area contributed by atoms with Crippen LogP contribution in [0.1, 0.15) is 0 Å². The molecule has 1 atom stereocenters. The van der Waals surface area contributed by atoms with Gasteiger partial charge in [0.2, 0.25) is 0 Å². The molecule has 7 nitrogen and oxygen atoms in total. The number of hydrogen-bond donors (Lipinski definition) is 0. The molecule has 0 bridgehead atoms. The van der Waals surface area contributed by atoms with Crippen LogP contribution >= 0.6 is 0 Å². The lowest BCUT2D eigenvalue weighted by molar-refractivity contribution is -0.0500. The van der Waals surface area contributed by atoms with Crippen molar-refractivity contribution in [1.29, 1.82) is 0 Å². The fraction of sp³-hybridized carbons (Fsp3) is 0.571. The summed E-state index contributed by atoms with van der Waals surface area (Å²) in [5.41, 5.74) is -5.50. The molecule has 11 heteroatoms. The number of nitrogens with zero attached hydrogens (tertiary/aromatic N) is 1. The molecular weight excluding hydrogens is 367 g/mol. The van der Waals surface area contributed by atoms with Crippen molar-refractivity contribution in [3.63, 3.8) is 0 Å². The molecule has 25 heavy (non-hydrogen) atoms. The lowest BCUT2D eigenvalue weighted by Crippen LogP contribution is -2.45. The fourth-order valence-electron chi connectivity index (χ4n) is 2.48. The van der Waals surface area contributed by atoms with Crippen LogP contribution < -0.4 is 13.7 Å². The predicted molar refractivity (Wildman–Crippen MR) is 79.2 cm³/mol. The van der Waals surface area contributed by atoms with Crippen molar-refractivity contribution in [2.45, 2.75) is 11.6 Å². The minimum atomic E-state index is -5.73. The number of morpholine rings is 1. The van der Waals surface area contributed by atoms with Crippen molar-refractivity contribution in [2.24, 2.45) is 0 Å².